The van der Waals surface area contributed by atoms with Crippen LogP contribution in [0.2, 0.25) is 0 Å². The van der Waals surface area contributed by atoms with E-state index in [4.69, 9.17) is 14.9 Å². The van der Waals surface area contributed by atoms with Crippen LogP contribution < -0.4 is 10.5 Å². The van der Waals surface area contributed by atoms with E-state index in [2.05, 4.69) is 10.2 Å². The van der Waals surface area contributed by atoms with Crippen molar-refractivity contribution in [2.75, 3.05) is 12.4 Å². The Balaban J connectivity index is 1.69. The summed E-state index contributed by atoms with van der Waals surface area (Å²) >= 11 is 1.46. The summed E-state index contributed by atoms with van der Waals surface area (Å²) in [6.07, 6.45) is 0. The SMILES string of the molecule is NCc1nnc(SCCOc2ccccc2)o1. The molecule has 0 saturated carbocycles. The molecule has 0 saturated heterocycles. The largest absolute Gasteiger partial charge is 0.493 e. The zero-order chi connectivity index (χ0) is 11.9. The number of nitrogens with zero attached hydrogens (tertiary/aromatic N) is 2. The van der Waals surface area contributed by atoms with Crippen LogP contribution in [0.5, 0.6) is 5.75 Å². The highest BCUT2D eigenvalue weighted by molar-refractivity contribution is 7.99. The third kappa shape index (κ3) is 3.76. The molecule has 6 heteroatoms. The maximum absolute atomic E-state index is 5.53. The molecule has 0 aliphatic rings. The highest BCUT2D eigenvalue weighted by atomic mass is 32.2. The predicted octanol–water partition coefficient (Wildman–Crippen LogP) is 1.70. The van der Waals surface area contributed by atoms with Crippen LogP contribution in [0.1, 0.15) is 5.89 Å². The van der Waals surface area contributed by atoms with E-state index >= 15 is 0 Å². The number of thioether (sulfide) groups is 1. The van der Waals surface area contributed by atoms with Gasteiger partial charge in [-0.2, -0.15) is 0 Å². The first kappa shape index (κ1) is 11.9. The number of hydrogen-bond donors (Lipinski definition) is 1. The third-order valence-electron chi connectivity index (χ3n) is 1.94. The van der Waals surface area contributed by atoms with Crippen molar-refractivity contribution in [2.24, 2.45) is 5.73 Å². The molecule has 1 aromatic heterocycles. The van der Waals surface area contributed by atoms with E-state index < -0.39 is 0 Å². The Bertz CT molecular complexity index is 447. The molecule has 1 aromatic carbocycles. The van der Waals surface area contributed by atoms with Gasteiger partial charge in [0.2, 0.25) is 5.89 Å². The highest BCUT2D eigenvalue weighted by Crippen LogP contribution is 2.16. The van der Waals surface area contributed by atoms with Crippen LogP contribution in [0.25, 0.3) is 0 Å². The zero-order valence-corrected chi connectivity index (χ0v) is 10.0. The summed E-state index contributed by atoms with van der Waals surface area (Å²) in [7, 11) is 0. The number of rotatable bonds is 6. The van der Waals surface area contributed by atoms with E-state index in [1.807, 2.05) is 30.3 Å². The molecule has 0 fully saturated rings. The molecule has 1 heterocycles. The summed E-state index contributed by atoms with van der Waals surface area (Å²) in [5, 5.41) is 8.14. The lowest BCUT2D eigenvalue weighted by Gasteiger charge is -2.03. The van der Waals surface area contributed by atoms with Gasteiger partial charge >= 0.3 is 0 Å². The highest BCUT2D eigenvalue weighted by Gasteiger charge is 2.04. The molecule has 17 heavy (non-hydrogen) atoms. The summed E-state index contributed by atoms with van der Waals surface area (Å²) in [6.45, 7) is 0.864. The molecule has 0 amide bonds. The number of para-hydroxylation sites is 1. The van der Waals surface area contributed by atoms with Gasteiger partial charge in [0.05, 0.1) is 13.2 Å². The molecule has 0 unspecified atom stereocenters. The second kappa shape index (κ2) is 6.27. The average molecular weight is 251 g/mol. The van der Waals surface area contributed by atoms with Crippen molar-refractivity contribution in [3.63, 3.8) is 0 Å². The Hall–Kier alpha value is -1.53. The summed E-state index contributed by atoms with van der Waals surface area (Å²) in [4.78, 5) is 0. The van der Waals surface area contributed by atoms with Crippen LogP contribution in [0.15, 0.2) is 40.0 Å². The Morgan fingerprint density at radius 2 is 2.06 bits per heavy atom. The first-order valence-electron chi connectivity index (χ1n) is 5.21. The second-order valence-electron chi connectivity index (χ2n) is 3.18. The van der Waals surface area contributed by atoms with E-state index in [9.17, 15) is 0 Å². The van der Waals surface area contributed by atoms with E-state index in [0.717, 1.165) is 11.5 Å². The zero-order valence-electron chi connectivity index (χ0n) is 9.20. The molecular weight excluding hydrogens is 238 g/mol. The summed E-state index contributed by atoms with van der Waals surface area (Å²) < 4.78 is 10.8. The van der Waals surface area contributed by atoms with Crippen LogP contribution in [0, 0.1) is 0 Å². The van der Waals surface area contributed by atoms with E-state index in [-0.39, 0.29) is 6.54 Å². The topological polar surface area (TPSA) is 74.2 Å². The van der Waals surface area contributed by atoms with Gasteiger partial charge in [0.15, 0.2) is 0 Å². The van der Waals surface area contributed by atoms with Gasteiger partial charge in [-0.3, -0.25) is 0 Å². The molecule has 0 aliphatic heterocycles. The Labute approximate surface area is 103 Å². The smallest absolute Gasteiger partial charge is 0.276 e. The number of hydrogen-bond acceptors (Lipinski definition) is 6. The van der Waals surface area contributed by atoms with Crippen molar-refractivity contribution in [3.8, 4) is 5.75 Å². The van der Waals surface area contributed by atoms with Crippen LogP contribution in [0.3, 0.4) is 0 Å². The molecule has 2 aromatic rings. The van der Waals surface area contributed by atoms with Crippen molar-refractivity contribution in [1.29, 1.82) is 0 Å². The first-order valence-corrected chi connectivity index (χ1v) is 6.20. The van der Waals surface area contributed by atoms with Gasteiger partial charge in [-0.05, 0) is 12.1 Å². The standard InChI is InChI=1S/C11H13N3O2S/c12-8-10-13-14-11(16-10)17-7-6-15-9-4-2-1-3-5-9/h1-5H,6-8,12H2. The molecule has 5 nitrogen and oxygen atoms in total. The molecule has 90 valence electrons. The van der Waals surface area contributed by atoms with E-state index in [1.165, 1.54) is 11.8 Å². The first-order chi connectivity index (χ1) is 8.38. The lowest BCUT2D eigenvalue weighted by Crippen LogP contribution is -1.99. The second-order valence-corrected chi connectivity index (χ2v) is 4.22. The van der Waals surface area contributed by atoms with Crippen LogP contribution in [-0.4, -0.2) is 22.6 Å². The van der Waals surface area contributed by atoms with Gasteiger partial charge < -0.3 is 14.9 Å². The summed E-state index contributed by atoms with van der Waals surface area (Å²) in [5.74, 6) is 2.07. The molecule has 0 aliphatic carbocycles. The van der Waals surface area contributed by atoms with Crippen LogP contribution in [0.4, 0.5) is 0 Å². The molecule has 0 spiro atoms. The van der Waals surface area contributed by atoms with Crippen LogP contribution in [-0.2, 0) is 6.54 Å². The van der Waals surface area contributed by atoms with Crippen molar-refractivity contribution in [1.82, 2.24) is 10.2 Å². The van der Waals surface area contributed by atoms with Crippen LogP contribution >= 0.6 is 11.8 Å². The Morgan fingerprint density at radius 3 is 2.76 bits per heavy atom. The molecule has 2 N–H and O–H groups in total. The molecular formula is C11H13N3O2S. The van der Waals surface area contributed by atoms with Gasteiger partial charge in [0, 0.05) is 5.75 Å². The average Bonchev–Trinajstić information content (AvgIpc) is 2.84. The lowest BCUT2D eigenvalue weighted by molar-refractivity contribution is 0.343. The van der Waals surface area contributed by atoms with Gasteiger partial charge in [0.25, 0.3) is 5.22 Å². The molecule has 0 atom stereocenters. The summed E-state index contributed by atoms with van der Waals surface area (Å²) in [6, 6.07) is 9.67. The van der Waals surface area contributed by atoms with Crippen molar-refractivity contribution in [2.45, 2.75) is 11.8 Å². The maximum atomic E-state index is 5.53. The van der Waals surface area contributed by atoms with E-state index in [1.54, 1.807) is 0 Å². The van der Waals surface area contributed by atoms with Crippen molar-refractivity contribution in [3.05, 3.63) is 36.2 Å². The minimum atomic E-state index is 0.272. The van der Waals surface area contributed by atoms with Crippen molar-refractivity contribution >= 4 is 11.8 Å². The minimum absolute atomic E-state index is 0.272. The normalized spacial score (nSPS) is 10.4. The lowest BCUT2D eigenvalue weighted by atomic mass is 10.3. The van der Waals surface area contributed by atoms with Crippen molar-refractivity contribution < 1.29 is 9.15 Å². The number of benzene rings is 1. The summed E-state index contributed by atoms with van der Waals surface area (Å²) in [5.41, 5.74) is 5.36. The monoisotopic (exact) mass is 251 g/mol. The fourth-order valence-electron chi connectivity index (χ4n) is 1.18. The number of aromatic nitrogens is 2. The van der Waals surface area contributed by atoms with Gasteiger partial charge in [-0.1, -0.05) is 30.0 Å². The maximum Gasteiger partial charge on any atom is 0.276 e. The quantitative estimate of drug-likeness (QED) is 0.622. The number of nitrogens with two attached hydrogens (primary N) is 1. The fourth-order valence-corrected chi connectivity index (χ4v) is 1.78. The number of ether oxygens (including phenoxy) is 1. The Morgan fingerprint density at radius 1 is 1.24 bits per heavy atom. The van der Waals surface area contributed by atoms with E-state index in [0.29, 0.717) is 17.7 Å². The van der Waals surface area contributed by atoms with Gasteiger partial charge in [0.1, 0.15) is 5.75 Å². The molecule has 0 radical (unpaired) electrons. The molecule has 0 bridgehead atoms. The minimum Gasteiger partial charge on any atom is -0.493 e. The Kier molecular flexibility index (Phi) is 4.40. The molecule has 2 rings (SSSR count). The fraction of sp³-hybridized carbons (Fsp3) is 0.273. The third-order valence-corrected chi connectivity index (χ3v) is 2.73. The van der Waals surface area contributed by atoms with Gasteiger partial charge in [-0.15, -0.1) is 10.2 Å². The van der Waals surface area contributed by atoms with Gasteiger partial charge in [-0.25, -0.2) is 0 Å². The predicted molar refractivity (Wildman–Crippen MR) is 64.9 cm³/mol.